The van der Waals surface area contributed by atoms with E-state index in [9.17, 15) is 0 Å². The molecule has 0 fully saturated rings. The van der Waals surface area contributed by atoms with Crippen LogP contribution in [0.4, 0.5) is 0 Å². The predicted octanol–water partition coefficient (Wildman–Crippen LogP) is 9.49. The SMILES string of the molecule is Cc1ccc2ccccc2c1B(c1ccc2c(c1)C(c1ccccc1)(c1ccccc1)c1ccccc1-2)c1c(C)ccc2ccccc12. The molecule has 0 nitrogen and oxygen atoms in total. The van der Waals surface area contributed by atoms with Gasteiger partial charge in [0.05, 0.1) is 5.41 Å². The van der Waals surface area contributed by atoms with Crippen LogP contribution < -0.4 is 16.4 Å². The fourth-order valence-corrected chi connectivity index (χ4v) is 8.69. The van der Waals surface area contributed by atoms with Gasteiger partial charge in [-0.3, -0.25) is 0 Å². The van der Waals surface area contributed by atoms with E-state index in [-0.39, 0.29) is 6.71 Å². The van der Waals surface area contributed by atoms with E-state index in [1.54, 1.807) is 0 Å². The molecule has 1 heteroatoms. The van der Waals surface area contributed by atoms with Gasteiger partial charge in [-0.1, -0.05) is 203 Å². The van der Waals surface area contributed by atoms with Gasteiger partial charge in [-0.15, -0.1) is 0 Å². The molecule has 0 bridgehead atoms. The molecule has 0 saturated carbocycles. The lowest BCUT2D eigenvalue weighted by molar-refractivity contribution is 0.769. The molecule has 0 unspecified atom stereocenters. The van der Waals surface area contributed by atoms with E-state index in [4.69, 9.17) is 0 Å². The number of rotatable bonds is 5. The Labute approximate surface area is 283 Å². The third-order valence-corrected chi connectivity index (χ3v) is 10.8. The molecule has 0 heterocycles. The van der Waals surface area contributed by atoms with Crippen LogP contribution in [0.15, 0.2) is 176 Å². The van der Waals surface area contributed by atoms with Gasteiger partial charge in [-0.2, -0.15) is 0 Å². The summed E-state index contributed by atoms with van der Waals surface area (Å²) in [7, 11) is 0. The summed E-state index contributed by atoms with van der Waals surface area (Å²) in [5, 5.41) is 5.18. The highest BCUT2D eigenvalue weighted by molar-refractivity contribution is 6.98. The monoisotopic (exact) mass is 610 g/mol. The molecule has 0 N–H and O–H groups in total. The van der Waals surface area contributed by atoms with Crippen molar-refractivity contribution in [2.45, 2.75) is 19.3 Å². The molecule has 48 heavy (non-hydrogen) atoms. The molecule has 8 aromatic rings. The van der Waals surface area contributed by atoms with Crippen LogP contribution in [0.3, 0.4) is 0 Å². The van der Waals surface area contributed by atoms with Gasteiger partial charge in [0.1, 0.15) is 0 Å². The third kappa shape index (κ3) is 4.17. The molecule has 0 atom stereocenters. The Bertz CT molecular complexity index is 2350. The Hall–Kier alpha value is -5.66. The number of fused-ring (bicyclic) bond motifs is 5. The number of hydrogen-bond donors (Lipinski definition) is 0. The quantitative estimate of drug-likeness (QED) is 0.170. The van der Waals surface area contributed by atoms with E-state index in [1.807, 2.05) is 0 Å². The molecule has 226 valence electrons. The van der Waals surface area contributed by atoms with Crippen molar-refractivity contribution >= 4 is 44.6 Å². The van der Waals surface area contributed by atoms with Gasteiger partial charge in [0.15, 0.2) is 0 Å². The summed E-state index contributed by atoms with van der Waals surface area (Å²) >= 11 is 0. The van der Waals surface area contributed by atoms with E-state index in [1.165, 1.54) is 82.4 Å². The van der Waals surface area contributed by atoms with E-state index >= 15 is 0 Å². The van der Waals surface area contributed by atoms with Crippen LogP contribution in [0, 0.1) is 13.8 Å². The third-order valence-electron chi connectivity index (χ3n) is 10.8. The number of hydrogen-bond acceptors (Lipinski definition) is 0. The zero-order chi connectivity index (χ0) is 32.2. The van der Waals surface area contributed by atoms with Crippen molar-refractivity contribution in [2.75, 3.05) is 0 Å². The maximum Gasteiger partial charge on any atom is 0.243 e. The first-order valence-electron chi connectivity index (χ1n) is 17.0. The Morgan fingerprint density at radius 1 is 0.396 bits per heavy atom. The minimum absolute atomic E-state index is 0.0282. The molecule has 0 spiro atoms. The second-order valence-corrected chi connectivity index (χ2v) is 13.3. The average Bonchev–Trinajstić information content (AvgIpc) is 3.44. The zero-order valence-electron chi connectivity index (χ0n) is 27.3. The standard InChI is InChI=1S/C47H35B/c1-32-25-27-34-15-9-11-21-39(34)45(32)48(46-33(2)26-28-35-16-10-12-22-40(35)46)38-29-30-42-41-23-13-14-24-43(41)47(44(42)31-38,36-17-5-3-6-18-36)37-19-7-4-8-20-37/h3-31H,1-2H3. The molecule has 0 saturated heterocycles. The van der Waals surface area contributed by atoms with Gasteiger partial charge in [0, 0.05) is 0 Å². The molecular formula is C47H35B. The van der Waals surface area contributed by atoms with Gasteiger partial charge in [-0.05, 0) is 68.8 Å². The van der Waals surface area contributed by atoms with Crippen LogP contribution in [-0.4, -0.2) is 6.71 Å². The fraction of sp³-hybridized carbons (Fsp3) is 0.0638. The van der Waals surface area contributed by atoms with E-state index in [2.05, 4.69) is 190 Å². The van der Waals surface area contributed by atoms with Crippen LogP contribution in [0.25, 0.3) is 32.7 Å². The largest absolute Gasteiger partial charge is 0.243 e. The lowest BCUT2D eigenvalue weighted by Gasteiger charge is -2.34. The van der Waals surface area contributed by atoms with E-state index < -0.39 is 5.41 Å². The maximum absolute atomic E-state index is 2.56. The molecule has 9 rings (SSSR count). The Morgan fingerprint density at radius 2 is 0.875 bits per heavy atom. The topological polar surface area (TPSA) is 0 Å². The van der Waals surface area contributed by atoms with Crippen LogP contribution in [0.5, 0.6) is 0 Å². The van der Waals surface area contributed by atoms with Gasteiger partial charge < -0.3 is 0 Å². The summed E-state index contributed by atoms with van der Waals surface area (Å²) in [6, 6.07) is 65.6. The predicted molar refractivity (Wildman–Crippen MR) is 206 cm³/mol. The summed E-state index contributed by atoms with van der Waals surface area (Å²) in [4.78, 5) is 0. The van der Waals surface area contributed by atoms with Gasteiger partial charge in [-0.25, -0.2) is 0 Å². The fourth-order valence-electron chi connectivity index (χ4n) is 8.69. The van der Waals surface area contributed by atoms with Crippen LogP contribution in [0.1, 0.15) is 33.4 Å². The molecule has 1 aliphatic rings. The minimum atomic E-state index is -0.448. The Morgan fingerprint density at radius 3 is 1.46 bits per heavy atom. The van der Waals surface area contributed by atoms with Gasteiger partial charge >= 0.3 is 0 Å². The first-order chi connectivity index (χ1) is 23.7. The summed E-state index contributed by atoms with van der Waals surface area (Å²) in [6.07, 6.45) is 0. The second-order valence-electron chi connectivity index (χ2n) is 13.3. The van der Waals surface area contributed by atoms with Crippen molar-refractivity contribution in [1.82, 2.24) is 0 Å². The number of aryl methyl sites for hydroxylation is 2. The van der Waals surface area contributed by atoms with Crippen molar-refractivity contribution in [3.8, 4) is 11.1 Å². The molecule has 0 aliphatic heterocycles. The second kappa shape index (κ2) is 11.2. The molecule has 0 aromatic heterocycles. The smallest absolute Gasteiger partial charge is 0.0682 e. The van der Waals surface area contributed by atoms with Crippen LogP contribution in [0.2, 0.25) is 0 Å². The van der Waals surface area contributed by atoms with E-state index in [0.29, 0.717) is 0 Å². The Balaban J connectivity index is 1.42. The van der Waals surface area contributed by atoms with E-state index in [0.717, 1.165) is 0 Å². The molecular weight excluding hydrogens is 575 g/mol. The molecule has 0 radical (unpaired) electrons. The number of benzene rings is 8. The summed E-state index contributed by atoms with van der Waals surface area (Å²) in [5.41, 5.74) is 14.1. The maximum atomic E-state index is 2.56. The zero-order valence-corrected chi connectivity index (χ0v) is 27.3. The lowest BCUT2D eigenvalue weighted by atomic mass is 9.34. The molecule has 8 aromatic carbocycles. The normalized spacial score (nSPS) is 13.0. The first-order valence-corrected chi connectivity index (χ1v) is 17.0. The summed E-state index contributed by atoms with van der Waals surface area (Å²) in [6.45, 7) is 4.60. The molecule has 0 amide bonds. The Kier molecular flexibility index (Phi) is 6.69. The summed E-state index contributed by atoms with van der Waals surface area (Å²) in [5.74, 6) is 0. The highest BCUT2D eigenvalue weighted by Gasteiger charge is 2.46. The minimum Gasteiger partial charge on any atom is -0.0682 e. The highest BCUT2D eigenvalue weighted by Crippen LogP contribution is 2.55. The van der Waals surface area contributed by atoms with Gasteiger partial charge in [0.25, 0.3) is 0 Å². The van der Waals surface area contributed by atoms with Crippen molar-refractivity contribution in [1.29, 1.82) is 0 Å². The molecule has 1 aliphatic carbocycles. The van der Waals surface area contributed by atoms with Crippen LogP contribution >= 0.6 is 0 Å². The first kappa shape index (κ1) is 28.6. The van der Waals surface area contributed by atoms with Crippen molar-refractivity contribution in [3.63, 3.8) is 0 Å². The van der Waals surface area contributed by atoms with Crippen LogP contribution in [-0.2, 0) is 5.41 Å². The van der Waals surface area contributed by atoms with Gasteiger partial charge in [0.2, 0.25) is 6.71 Å². The summed E-state index contributed by atoms with van der Waals surface area (Å²) < 4.78 is 0. The van der Waals surface area contributed by atoms with Crippen molar-refractivity contribution < 1.29 is 0 Å². The highest BCUT2D eigenvalue weighted by atomic mass is 14.5. The lowest BCUT2D eigenvalue weighted by Crippen LogP contribution is -2.54. The average molecular weight is 611 g/mol. The van der Waals surface area contributed by atoms with Crippen molar-refractivity contribution in [3.05, 3.63) is 209 Å². The van der Waals surface area contributed by atoms with Crippen molar-refractivity contribution in [2.24, 2.45) is 0 Å².